The first-order valence-corrected chi connectivity index (χ1v) is 12.5. The molecule has 7 nitrogen and oxygen atoms in total. The Hall–Kier alpha value is -2.36. The summed E-state index contributed by atoms with van der Waals surface area (Å²) in [4.78, 5) is 30.5. The lowest BCUT2D eigenvalue weighted by molar-refractivity contribution is 0.0952. The van der Waals surface area contributed by atoms with Gasteiger partial charge in [-0.25, -0.2) is 9.67 Å². The molecule has 1 aromatic carbocycles. The summed E-state index contributed by atoms with van der Waals surface area (Å²) < 4.78 is 2.21. The summed E-state index contributed by atoms with van der Waals surface area (Å²) in [6, 6.07) is 8.90. The fourth-order valence-corrected chi connectivity index (χ4v) is 4.47. The van der Waals surface area contributed by atoms with Crippen LogP contribution in [-0.4, -0.2) is 38.9 Å². The minimum Gasteiger partial charge on any atom is -0.349 e. The van der Waals surface area contributed by atoms with Crippen molar-refractivity contribution in [3.63, 3.8) is 0 Å². The number of benzene rings is 1. The normalized spacial score (nSPS) is 13.1. The number of hydrogen-bond donors (Lipinski definition) is 2. The molecule has 3 aromatic rings. The number of rotatable bonds is 7. The van der Waals surface area contributed by atoms with Gasteiger partial charge in [0.2, 0.25) is 0 Å². The lowest BCUT2D eigenvalue weighted by atomic mass is 10.1. The van der Waals surface area contributed by atoms with Gasteiger partial charge in [-0.15, -0.1) is 0 Å². The molecule has 0 aliphatic heterocycles. The van der Waals surface area contributed by atoms with Crippen LogP contribution >= 0.6 is 39.3 Å². The van der Waals surface area contributed by atoms with Crippen LogP contribution in [0.1, 0.15) is 44.9 Å². The fourth-order valence-electron chi connectivity index (χ4n) is 3.26. The van der Waals surface area contributed by atoms with E-state index in [2.05, 4.69) is 36.6 Å². The number of nitrogens with one attached hydrogen (secondary N) is 2. The van der Waals surface area contributed by atoms with Gasteiger partial charge in [-0.2, -0.15) is 16.9 Å². The van der Waals surface area contributed by atoms with E-state index in [9.17, 15) is 9.59 Å². The molecule has 32 heavy (non-hydrogen) atoms. The third-order valence-electron chi connectivity index (χ3n) is 4.92. The van der Waals surface area contributed by atoms with Gasteiger partial charge in [0, 0.05) is 22.5 Å². The summed E-state index contributed by atoms with van der Waals surface area (Å²) >= 11 is 11.4. The van der Waals surface area contributed by atoms with E-state index < -0.39 is 5.91 Å². The van der Waals surface area contributed by atoms with E-state index in [0.29, 0.717) is 27.8 Å². The molecule has 0 unspecified atom stereocenters. The number of halogens is 2. The molecule has 1 aliphatic carbocycles. The summed E-state index contributed by atoms with van der Waals surface area (Å²) in [5.74, 6) is 0.379. The topological polar surface area (TPSA) is 88.9 Å². The molecule has 1 fully saturated rings. The molecular weight excluding hydrogens is 514 g/mol. The maximum atomic E-state index is 13.4. The number of hydrogen-bond acceptors (Lipinski definition) is 5. The van der Waals surface area contributed by atoms with E-state index in [1.807, 2.05) is 19.2 Å². The van der Waals surface area contributed by atoms with Gasteiger partial charge in [0.15, 0.2) is 5.82 Å². The fraction of sp³-hybridized carbons (Fsp3) is 0.273. The molecule has 0 bridgehead atoms. The van der Waals surface area contributed by atoms with Crippen molar-refractivity contribution in [2.75, 3.05) is 11.6 Å². The van der Waals surface area contributed by atoms with Crippen molar-refractivity contribution >= 4 is 56.8 Å². The zero-order valence-corrected chi connectivity index (χ0v) is 20.6. The van der Waals surface area contributed by atoms with Crippen molar-refractivity contribution in [1.29, 1.82) is 0 Å². The number of aromatic nitrogens is 3. The Morgan fingerprint density at radius 3 is 2.75 bits per heavy atom. The van der Waals surface area contributed by atoms with Gasteiger partial charge in [-0.05, 0) is 61.9 Å². The van der Waals surface area contributed by atoms with Crippen LogP contribution < -0.4 is 10.6 Å². The van der Waals surface area contributed by atoms with E-state index >= 15 is 0 Å². The highest BCUT2D eigenvalue weighted by Gasteiger charge is 2.27. The van der Waals surface area contributed by atoms with E-state index in [-0.39, 0.29) is 17.6 Å². The molecule has 2 aromatic heterocycles. The molecule has 1 aliphatic rings. The molecule has 1 saturated carbocycles. The Kier molecular flexibility index (Phi) is 6.88. The third-order valence-corrected chi connectivity index (χ3v) is 6.26. The monoisotopic (exact) mass is 533 g/mol. The van der Waals surface area contributed by atoms with Crippen molar-refractivity contribution in [2.24, 2.45) is 0 Å². The van der Waals surface area contributed by atoms with Crippen LogP contribution in [0.3, 0.4) is 0 Å². The van der Waals surface area contributed by atoms with E-state index in [1.165, 1.54) is 4.68 Å². The molecule has 166 valence electrons. The predicted octanol–water partition coefficient (Wildman–Crippen LogP) is 5.00. The maximum absolute atomic E-state index is 13.4. The van der Waals surface area contributed by atoms with Gasteiger partial charge in [0.25, 0.3) is 11.8 Å². The largest absolute Gasteiger partial charge is 0.349 e. The van der Waals surface area contributed by atoms with Crippen LogP contribution in [0.5, 0.6) is 0 Å². The summed E-state index contributed by atoms with van der Waals surface area (Å²) in [5.41, 5.74) is 2.64. The van der Waals surface area contributed by atoms with Crippen LogP contribution in [0.4, 0.5) is 5.69 Å². The number of nitrogens with zero attached hydrogens (tertiary/aromatic N) is 3. The van der Waals surface area contributed by atoms with Crippen LogP contribution in [0.25, 0.3) is 5.82 Å². The highest BCUT2D eigenvalue weighted by Crippen LogP contribution is 2.29. The Balaban J connectivity index is 1.72. The van der Waals surface area contributed by atoms with Crippen LogP contribution in [-0.2, 0) is 5.75 Å². The van der Waals surface area contributed by atoms with Gasteiger partial charge in [0.1, 0.15) is 5.69 Å². The molecule has 4 rings (SSSR count). The minimum absolute atomic E-state index is 0.201. The van der Waals surface area contributed by atoms with Crippen molar-refractivity contribution in [3.8, 4) is 5.82 Å². The number of thioether (sulfide) groups is 1. The molecule has 10 heteroatoms. The lowest BCUT2D eigenvalue weighted by Crippen LogP contribution is -2.27. The molecule has 2 heterocycles. The first kappa shape index (κ1) is 22.8. The number of pyridine rings is 1. The summed E-state index contributed by atoms with van der Waals surface area (Å²) in [6.45, 7) is 1.85. The van der Waals surface area contributed by atoms with Crippen LogP contribution in [0.2, 0.25) is 5.02 Å². The highest BCUT2D eigenvalue weighted by atomic mass is 79.9. The second-order valence-corrected chi connectivity index (χ2v) is 9.71. The third kappa shape index (κ3) is 5.00. The van der Waals surface area contributed by atoms with Gasteiger partial charge >= 0.3 is 0 Å². The number of aryl methyl sites for hydroxylation is 1. The van der Waals surface area contributed by atoms with Gasteiger partial charge in [-0.3, -0.25) is 9.59 Å². The quantitative estimate of drug-likeness (QED) is 0.445. The minimum atomic E-state index is -0.405. The number of carbonyl (C=O) groups excluding carboxylic acids is 2. The van der Waals surface area contributed by atoms with E-state index in [4.69, 9.17) is 11.6 Å². The molecule has 0 atom stereocenters. The highest BCUT2D eigenvalue weighted by molar-refractivity contribution is 9.10. The lowest BCUT2D eigenvalue weighted by Gasteiger charge is -2.15. The Bertz CT molecular complexity index is 1200. The number of anilines is 1. The average molecular weight is 535 g/mol. The first-order valence-electron chi connectivity index (χ1n) is 9.98. The predicted molar refractivity (Wildman–Crippen MR) is 131 cm³/mol. The maximum Gasteiger partial charge on any atom is 0.274 e. The second-order valence-electron chi connectivity index (χ2n) is 7.52. The number of carbonyl (C=O) groups is 2. The summed E-state index contributed by atoms with van der Waals surface area (Å²) in [6.07, 6.45) is 5.51. The Morgan fingerprint density at radius 2 is 2.06 bits per heavy atom. The van der Waals surface area contributed by atoms with Gasteiger partial charge < -0.3 is 10.6 Å². The standard InChI is InChI=1S/C22H21BrClN5O2S/c1-12-8-13(23)9-16(21(30)26-14-5-6-14)19(12)27-22(31)18-10-15(11-32-2)28-29(18)20-17(24)4-3-7-25-20/h3-4,7-10,14H,5-6,11H2,1-2H3,(H,26,30)(H,27,31). The number of amides is 2. The summed E-state index contributed by atoms with van der Waals surface area (Å²) in [5, 5.41) is 10.8. The Morgan fingerprint density at radius 1 is 1.28 bits per heavy atom. The molecule has 0 saturated heterocycles. The average Bonchev–Trinajstić information content (AvgIpc) is 3.46. The van der Waals surface area contributed by atoms with Crippen LogP contribution in [0.15, 0.2) is 41.0 Å². The zero-order valence-electron chi connectivity index (χ0n) is 17.5. The van der Waals surface area contributed by atoms with E-state index in [1.54, 1.807) is 42.2 Å². The van der Waals surface area contributed by atoms with E-state index in [0.717, 1.165) is 28.6 Å². The molecular formula is C22H21BrClN5O2S. The molecule has 0 spiro atoms. The van der Waals surface area contributed by atoms with Crippen molar-refractivity contribution < 1.29 is 9.59 Å². The van der Waals surface area contributed by atoms with Gasteiger partial charge in [-0.1, -0.05) is 27.5 Å². The smallest absolute Gasteiger partial charge is 0.274 e. The molecule has 2 amide bonds. The second kappa shape index (κ2) is 9.64. The van der Waals surface area contributed by atoms with Gasteiger partial charge in [0.05, 0.1) is 22.0 Å². The van der Waals surface area contributed by atoms with Crippen LogP contribution in [0, 0.1) is 6.92 Å². The summed E-state index contributed by atoms with van der Waals surface area (Å²) in [7, 11) is 0. The van der Waals surface area contributed by atoms with Crippen molar-refractivity contribution in [1.82, 2.24) is 20.1 Å². The first-order chi connectivity index (χ1) is 15.4. The SMILES string of the molecule is CSCc1cc(C(=O)Nc2c(C)cc(Br)cc2C(=O)NC2CC2)n(-c2ncccc2Cl)n1. The molecule has 2 N–H and O–H groups in total. The zero-order chi connectivity index (χ0) is 22.8. The molecule has 0 radical (unpaired) electrons. The van der Waals surface area contributed by atoms with Crippen molar-refractivity contribution in [2.45, 2.75) is 31.6 Å². The Labute approximate surface area is 203 Å². The van der Waals surface area contributed by atoms with Crippen molar-refractivity contribution in [3.05, 3.63) is 68.5 Å².